The van der Waals surface area contributed by atoms with Crippen LogP contribution in [-0.2, 0) is 6.54 Å². The van der Waals surface area contributed by atoms with Gasteiger partial charge in [0.05, 0.1) is 12.8 Å². The van der Waals surface area contributed by atoms with Gasteiger partial charge in [0.25, 0.3) is 0 Å². The van der Waals surface area contributed by atoms with Crippen LogP contribution < -0.4 is 20.3 Å². The van der Waals surface area contributed by atoms with Crippen molar-refractivity contribution in [1.29, 1.82) is 0 Å². The number of urea groups is 1. The second kappa shape index (κ2) is 8.61. The van der Waals surface area contributed by atoms with Crippen molar-refractivity contribution in [3.63, 3.8) is 0 Å². The summed E-state index contributed by atoms with van der Waals surface area (Å²) in [5.41, 5.74) is 3.00. The minimum Gasteiger partial charge on any atom is -0.495 e. The predicted octanol–water partition coefficient (Wildman–Crippen LogP) is 4.25. The Morgan fingerprint density at radius 1 is 1.19 bits per heavy atom. The number of hydrogen-bond donors (Lipinski definition) is 2. The second-order valence-electron chi connectivity index (χ2n) is 6.87. The van der Waals surface area contributed by atoms with Crippen molar-refractivity contribution < 1.29 is 9.53 Å². The fourth-order valence-corrected chi connectivity index (χ4v) is 3.35. The molecule has 0 spiro atoms. The van der Waals surface area contributed by atoms with Gasteiger partial charge in [0, 0.05) is 25.3 Å². The molecule has 5 nitrogen and oxygen atoms in total. The molecule has 2 N–H and O–H groups in total. The number of methoxy groups -OCH3 is 1. The maximum absolute atomic E-state index is 12.1. The van der Waals surface area contributed by atoms with E-state index in [-0.39, 0.29) is 6.03 Å². The summed E-state index contributed by atoms with van der Waals surface area (Å²) < 4.78 is 5.24. The molecule has 0 saturated carbocycles. The van der Waals surface area contributed by atoms with Crippen LogP contribution in [0.3, 0.4) is 0 Å². The van der Waals surface area contributed by atoms with Crippen molar-refractivity contribution in [3.05, 3.63) is 54.1 Å². The first-order valence-electron chi connectivity index (χ1n) is 9.17. The maximum Gasteiger partial charge on any atom is 0.319 e. The molecule has 26 heavy (non-hydrogen) atoms. The van der Waals surface area contributed by atoms with Gasteiger partial charge in [-0.3, -0.25) is 0 Å². The first-order valence-corrected chi connectivity index (χ1v) is 9.17. The zero-order valence-electron chi connectivity index (χ0n) is 15.5. The minimum atomic E-state index is -0.247. The summed E-state index contributed by atoms with van der Waals surface area (Å²) in [5.74, 6) is 1.39. The normalized spacial score (nSPS) is 16.8. The van der Waals surface area contributed by atoms with Crippen LogP contribution >= 0.6 is 0 Å². The fourth-order valence-electron chi connectivity index (χ4n) is 3.35. The quantitative estimate of drug-likeness (QED) is 0.845. The highest BCUT2D eigenvalue weighted by Crippen LogP contribution is 2.24. The lowest BCUT2D eigenvalue weighted by molar-refractivity contribution is 0.251. The van der Waals surface area contributed by atoms with Crippen LogP contribution in [0.15, 0.2) is 48.5 Å². The molecule has 5 heteroatoms. The van der Waals surface area contributed by atoms with Crippen molar-refractivity contribution in [2.24, 2.45) is 5.92 Å². The molecule has 0 aliphatic carbocycles. The summed E-state index contributed by atoms with van der Waals surface area (Å²) in [6.45, 7) is 5.05. The van der Waals surface area contributed by atoms with Crippen molar-refractivity contribution >= 4 is 17.4 Å². The third-order valence-corrected chi connectivity index (χ3v) is 4.77. The average Bonchev–Trinajstić information content (AvgIpc) is 2.67. The predicted molar refractivity (Wildman–Crippen MR) is 106 cm³/mol. The summed E-state index contributed by atoms with van der Waals surface area (Å²) in [4.78, 5) is 14.6. The number of anilines is 2. The third kappa shape index (κ3) is 4.69. The Labute approximate surface area is 155 Å². The summed E-state index contributed by atoms with van der Waals surface area (Å²) in [6, 6.07) is 15.6. The van der Waals surface area contributed by atoms with Crippen molar-refractivity contribution in [3.8, 4) is 5.75 Å². The van der Waals surface area contributed by atoms with E-state index in [0.717, 1.165) is 24.6 Å². The molecule has 0 unspecified atom stereocenters. The Balaban J connectivity index is 1.52. The number of carbonyl (C=O) groups is 1. The van der Waals surface area contributed by atoms with E-state index in [1.165, 1.54) is 18.5 Å². The summed E-state index contributed by atoms with van der Waals surface area (Å²) in [6.07, 6.45) is 2.58. The van der Waals surface area contributed by atoms with Gasteiger partial charge in [0.2, 0.25) is 0 Å². The highest BCUT2D eigenvalue weighted by Gasteiger charge is 2.16. The van der Waals surface area contributed by atoms with Gasteiger partial charge in [-0.15, -0.1) is 0 Å². The molecule has 1 atom stereocenters. The Hall–Kier alpha value is -2.69. The van der Waals surface area contributed by atoms with Crippen LogP contribution in [0.4, 0.5) is 16.2 Å². The van der Waals surface area contributed by atoms with Crippen molar-refractivity contribution in [2.45, 2.75) is 26.3 Å². The van der Waals surface area contributed by atoms with Gasteiger partial charge in [-0.05, 0) is 48.6 Å². The molecule has 1 aliphatic heterocycles. The Kier molecular flexibility index (Phi) is 6.00. The molecule has 3 rings (SSSR count). The third-order valence-electron chi connectivity index (χ3n) is 4.77. The number of carbonyl (C=O) groups excluding carboxylic acids is 1. The maximum atomic E-state index is 12.1. The number of hydrogen-bond acceptors (Lipinski definition) is 3. The van der Waals surface area contributed by atoms with Crippen LogP contribution in [0.25, 0.3) is 0 Å². The summed E-state index contributed by atoms with van der Waals surface area (Å²) in [5, 5.41) is 5.70. The molecule has 138 valence electrons. The summed E-state index contributed by atoms with van der Waals surface area (Å²) >= 11 is 0. The summed E-state index contributed by atoms with van der Waals surface area (Å²) in [7, 11) is 1.59. The molecule has 2 amide bonds. The van der Waals surface area contributed by atoms with Crippen molar-refractivity contribution in [1.82, 2.24) is 5.32 Å². The van der Waals surface area contributed by atoms with Gasteiger partial charge in [-0.25, -0.2) is 4.79 Å². The van der Waals surface area contributed by atoms with E-state index in [1.807, 2.05) is 24.3 Å². The Morgan fingerprint density at radius 3 is 2.69 bits per heavy atom. The first-order chi connectivity index (χ1) is 12.7. The van der Waals surface area contributed by atoms with E-state index in [4.69, 9.17) is 4.74 Å². The fraction of sp³-hybridized carbons (Fsp3) is 0.381. The molecule has 1 aliphatic rings. The monoisotopic (exact) mass is 353 g/mol. The van der Waals surface area contributed by atoms with Gasteiger partial charge in [-0.1, -0.05) is 31.2 Å². The zero-order chi connectivity index (χ0) is 18.4. The number of nitrogens with zero attached hydrogens (tertiary/aromatic N) is 1. The lowest BCUT2D eigenvalue weighted by Crippen LogP contribution is -2.34. The highest BCUT2D eigenvalue weighted by molar-refractivity contribution is 5.90. The second-order valence-corrected chi connectivity index (χ2v) is 6.87. The lowest BCUT2D eigenvalue weighted by atomic mass is 9.99. The Morgan fingerprint density at radius 2 is 1.96 bits per heavy atom. The SMILES string of the molecule is COc1ccccc1NC(=O)NCc1ccc(N2CCC[C@@H](C)C2)cc1. The number of nitrogens with one attached hydrogen (secondary N) is 2. The smallest absolute Gasteiger partial charge is 0.319 e. The number of piperidine rings is 1. The number of para-hydroxylation sites is 2. The van der Waals surface area contributed by atoms with Gasteiger partial charge in [-0.2, -0.15) is 0 Å². The molecule has 1 heterocycles. The Bertz CT molecular complexity index is 730. The molecule has 1 fully saturated rings. The number of rotatable bonds is 5. The van der Waals surface area contributed by atoms with E-state index >= 15 is 0 Å². The van der Waals surface area contributed by atoms with Gasteiger partial charge < -0.3 is 20.3 Å². The van der Waals surface area contributed by atoms with Crippen LogP contribution in [0.5, 0.6) is 5.75 Å². The van der Waals surface area contributed by atoms with E-state index in [0.29, 0.717) is 18.0 Å². The highest BCUT2D eigenvalue weighted by atomic mass is 16.5. The lowest BCUT2D eigenvalue weighted by Gasteiger charge is -2.32. The molecule has 0 bridgehead atoms. The van der Waals surface area contributed by atoms with E-state index in [1.54, 1.807) is 7.11 Å². The molecule has 0 radical (unpaired) electrons. The molecule has 2 aromatic rings. The largest absolute Gasteiger partial charge is 0.495 e. The van der Waals surface area contributed by atoms with Crippen molar-refractivity contribution in [2.75, 3.05) is 30.4 Å². The molecule has 2 aromatic carbocycles. The van der Waals surface area contributed by atoms with Gasteiger partial charge >= 0.3 is 6.03 Å². The number of amides is 2. The van der Waals surface area contributed by atoms with Crippen LogP contribution in [0.1, 0.15) is 25.3 Å². The molecular formula is C21H27N3O2. The number of benzene rings is 2. The minimum absolute atomic E-state index is 0.247. The zero-order valence-corrected chi connectivity index (χ0v) is 15.5. The van der Waals surface area contributed by atoms with Crippen LogP contribution in [-0.4, -0.2) is 26.2 Å². The van der Waals surface area contributed by atoms with E-state index in [9.17, 15) is 4.79 Å². The van der Waals surface area contributed by atoms with Crippen LogP contribution in [0.2, 0.25) is 0 Å². The van der Waals surface area contributed by atoms with Gasteiger partial charge in [0.1, 0.15) is 5.75 Å². The first kappa shape index (κ1) is 18.1. The van der Waals surface area contributed by atoms with Gasteiger partial charge in [0.15, 0.2) is 0 Å². The van der Waals surface area contributed by atoms with E-state index < -0.39 is 0 Å². The van der Waals surface area contributed by atoms with Crippen LogP contribution in [0, 0.1) is 5.92 Å². The van der Waals surface area contributed by atoms with E-state index in [2.05, 4.69) is 46.7 Å². The standard InChI is InChI=1S/C21H27N3O2/c1-16-6-5-13-24(15-16)18-11-9-17(10-12-18)14-22-21(25)23-19-7-3-4-8-20(19)26-2/h3-4,7-12,16H,5-6,13-15H2,1-2H3,(H2,22,23,25)/t16-/m1/s1. The topological polar surface area (TPSA) is 53.6 Å². The average molecular weight is 353 g/mol. The molecule has 1 saturated heterocycles. The molecule has 0 aromatic heterocycles. The molecular weight excluding hydrogens is 326 g/mol. The number of ether oxygens (including phenoxy) is 1.